The minimum Gasteiger partial charge on any atom is -0.427 e. The van der Waals surface area contributed by atoms with Crippen LogP contribution in [-0.2, 0) is 22.0 Å². The lowest BCUT2D eigenvalue weighted by molar-refractivity contribution is 0.344. The van der Waals surface area contributed by atoms with E-state index in [-0.39, 0.29) is 16.3 Å². The average Bonchev–Trinajstić information content (AvgIpc) is 3.04. The van der Waals surface area contributed by atoms with Crippen LogP contribution in [0.4, 0.5) is 5.82 Å². The van der Waals surface area contributed by atoms with Gasteiger partial charge < -0.3 is 4.42 Å². The summed E-state index contributed by atoms with van der Waals surface area (Å²) in [5, 5.41) is 12.3. The van der Waals surface area contributed by atoms with Crippen LogP contribution in [0.5, 0.6) is 0 Å². The molecule has 0 aliphatic rings. The zero-order chi connectivity index (χ0) is 16.4. The number of aromatic nitrogens is 3. The van der Waals surface area contributed by atoms with Gasteiger partial charge in [-0.05, 0) is 0 Å². The minimum atomic E-state index is -3.88. The van der Waals surface area contributed by atoms with E-state index in [0.717, 1.165) is 0 Å². The summed E-state index contributed by atoms with van der Waals surface area (Å²) in [6.45, 7) is 6.02. The molecule has 22 heavy (non-hydrogen) atoms. The fourth-order valence-electron chi connectivity index (χ4n) is 1.62. The first-order chi connectivity index (χ1) is 10.2. The third kappa shape index (κ3) is 3.65. The number of anilines is 1. The van der Waals surface area contributed by atoms with E-state index in [0.29, 0.717) is 18.9 Å². The Morgan fingerprint density at radius 3 is 2.77 bits per heavy atom. The molecule has 0 aromatic carbocycles. The molecule has 0 saturated heterocycles. The summed E-state index contributed by atoms with van der Waals surface area (Å²) >= 11 is 0. The van der Waals surface area contributed by atoms with E-state index in [2.05, 4.69) is 14.8 Å². The summed E-state index contributed by atoms with van der Waals surface area (Å²) in [6.07, 6.45) is 3.07. The maximum Gasteiger partial charge on any atom is 0.298 e. The molecule has 8 nitrogen and oxygen atoms in total. The Hall–Kier alpha value is -2.34. The fourth-order valence-corrected chi connectivity index (χ4v) is 2.49. The van der Waals surface area contributed by atoms with Crippen LogP contribution in [0.3, 0.4) is 0 Å². The van der Waals surface area contributed by atoms with E-state index in [4.69, 9.17) is 9.68 Å². The van der Waals surface area contributed by atoms with E-state index >= 15 is 0 Å². The van der Waals surface area contributed by atoms with Gasteiger partial charge in [0.05, 0.1) is 25.2 Å². The van der Waals surface area contributed by atoms with E-state index in [9.17, 15) is 8.42 Å². The van der Waals surface area contributed by atoms with Gasteiger partial charge in [-0.2, -0.15) is 18.8 Å². The Morgan fingerprint density at radius 2 is 2.18 bits per heavy atom. The summed E-state index contributed by atoms with van der Waals surface area (Å²) in [5.74, 6) is 0.499. The average molecular weight is 323 g/mol. The van der Waals surface area contributed by atoms with Crippen molar-refractivity contribution in [2.45, 2.75) is 44.2 Å². The number of nitriles is 1. The molecule has 0 radical (unpaired) electrons. The van der Waals surface area contributed by atoms with Gasteiger partial charge in [-0.25, -0.2) is 4.98 Å². The number of nitrogens with zero attached hydrogens (tertiary/aromatic N) is 4. The molecule has 0 amide bonds. The van der Waals surface area contributed by atoms with E-state index < -0.39 is 10.0 Å². The van der Waals surface area contributed by atoms with Gasteiger partial charge in [0.25, 0.3) is 15.1 Å². The number of oxazole rings is 1. The molecule has 0 fully saturated rings. The van der Waals surface area contributed by atoms with Gasteiger partial charge in [-0.15, -0.1) is 0 Å². The van der Waals surface area contributed by atoms with Crippen LogP contribution in [-0.4, -0.2) is 23.2 Å². The number of rotatable bonds is 5. The number of aryl methyl sites for hydroxylation is 1. The van der Waals surface area contributed by atoms with Crippen LogP contribution in [0.25, 0.3) is 0 Å². The molecule has 0 aliphatic heterocycles. The summed E-state index contributed by atoms with van der Waals surface area (Å²) in [7, 11) is -3.88. The van der Waals surface area contributed by atoms with E-state index in [1.165, 1.54) is 16.9 Å². The molecule has 0 spiro atoms. The third-order valence-electron chi connectivity index (χ3n) is 2.72. The molecule has 1 N–H and O–H groups in total. The van der Waals surface area contributed by atoms with Gasteiger partial charge in [0.1, 0.15) is 0 Å². The van der Waals surface area contributed by atoms with E-state index in [1.54, 1.807) is 6.20 Å². The van der Waals surface area contributed by atoms with Crippen LogP contribution in [0.2, 0.25) is 0 Å². The normalized spacial score (nSPS) is 12.1. The highest BCUT2D eigenvalue weighted by Crippen LogP contribution is 2.24. The highest BCUT2D eigenvalue weighted by molar-refractivity contribution is 7.92. The zero-order valence-corrected chi connectivity index (χ0v) is 13.4. The van der Waals surface area contributed by atoms with Crippen LogP contribution >= 0.6 is 0 Å². The number of hydrogen-bond acceptors (Lipinski definition) is 6. The summed E-state index contributed by atoms with van der Waals surface area (Å²) in [4.78, 5) is 3.99. The molecule has 2 aromatic heterocycles. The lowest BCUT2D eigenvalue weighted by Gasteiger charge is -2.12. The van der Waals surface area contributed by atoms with Crippen molar-refractivity contribution in [3.8, 4) is 6.07 Å². The van der Waals surface area contributed by atoms with Crippen LogP contribution in [0.1, 0.15) is 33.1 Å². The first kappa shape index (κ1) is 16.0. The standard InChI is InChI=1S/C13H17N5O3S/c1-13(2,3)12-15-9-11(21-12)22(19,20)17-10-5-8-18(16-10)7-4-6-14/h5,8-9H,4,7H2,1-3H3,(H,16,17). The smallest absolute Gasteiger partial charge is 0.298 e. The Bertz CT molecular complexity index is 792. The monoisotopic (exact) mass is 323 g/mol. The topological polar surface area (TPSA) is 114 Å². The lowest BCUT2D eigenvalue weighted by atomic mass is 9.97. The highest BCUT2D eigenvalue weighted by atomic mass is 32.2. The molecular formula is C13H17N5O3S. The number of hydrogen-bond donors (Lipinski definition) is 1. The first-order valence-electron chi connectivity index (χ1n) is 6.62. The summed E-state index contributed by atoms with van der Waals surface area (Å²) in [5.41, 5.74) is -0.382. The van der Waals surface area contributed by atoms with Crippen molar-refractivity contribution in [3.63, 3.8) is 0 Å². The first-order valence-corrected chi connectivity index (χ1v) is 8.10. The van der Waals surface area contributed by atoms with Crippen molar-refractivity contribution in [2.75, 3.05) is 4.72 Å². The molecule has 2 aromatic rings. The molecule has 2 heterocycles. The van der Waals surface area contributed by atoms with Gasteiger partial charge >= 0.3 is 0 Å². The third-order valence-corrected chi connectivity index (χ3v) is 3.92. The van der Waals surface area contributed by atoms with Gasteiger partial charge in [0.2, 0.25) is 5.89 Å². The van der Waals surface area contributed by atoms with Crippen molar-refractivity contribution in [2.24, 2.45) is 0 Å². The second-order valence-electron chi connectivity index (χ2n) is 5.71. The van der Waals surface area contributed by atoms with Crippen molar-refractivity contribution in [1.82, 2.24) is 14.8 Å². The molecular weight excluding hydrogens is 306 g/mol. The number of sulfonamides is 1. The molecule has 0 unspecified atom stereocenters. The predicted molar refractivity (Wildman–Crippen MR) is 78.5 cm³/mol. The molecule has 9 heteroatoms. The second kappa shape index (κ2) is 5.81. The molecule has 0 bridgehead atoms. The quantitative estimate of drug-likeness (QED) is 0.898. The molecule has 118 valence electrons. The van der Waals surface area contributed by atoms with Gasteiger partial charge in [-0.3, -0.25) is 9.40 Å². The Morgan fingerprint density at radius 1 is 1.45 bits per heavy atom. The molecule has 2 rings (SSSR count). The zero-order valence-electron chi connectivity index (χ0n) is 12.6. The van der Waals surface area contributed by atoms with Crippen LogP contribution in [0, 0.1) is 11.3 Å². The van der Waals surface area contributed by atoms with Gasteiger partial charge in [0, 0.05) is 17.7 Å². The number of nitrogens with one attached hydrogen (secondary N) is 1. The second-order valence-corrected chi connectivity index (χ2v) is 7.33. The highest BCUT2D eigenvalue weighted by Gasteiger charge is 2.26. The van der Waals surface area contributed by atoms with Crippen molar-refractivity contribution in [1.29, 1.82) is 5.26 Å². The van der Waals surface area contributed by atoms with Crippen LogP contribution < -0.4 is 4.72 Å². The molecule has 0 atom stereocenters. The predicted octanol–water partition coefficient (Wildman–Crippen LogP) is 1.88. The van der Waals surface area contributed by atoms with Crippen molar-refractivity contribution >= 4 is 15.8 Å². The molecule has 0 saturated carbocycles. The van der Waals surface area contributed by atoms with Crippen molar-refractivity contribution in [3.05, 3.63) is 24.4 Å². The van der Waals surface area contributed by atoms with Gasteiger partial charge in [0.15, 0.2) is 5.82 Å². The lowest BCUT2D eigenvalue weighted by Crippen LogP contribution is -2.14. The maximum absolute atomic E-state index is 12.2. The fraction of sp³-hybridized carbons (Fsp3) is 0.462. The van der Waals surface area contributed by atoms with E-state index in [1.807, 2.05) is 26.8 Å². The molecule has 0 aliphatic carbocycles. The maximum atomic E-state index is 12.2. The minimum absolute atomic E-state index is 0.159. The largest absolute Gasteiger partial charge is 0.427 e. The Balaban J connectivity index is 2.16. The summed E-state index contributed by atoms with van der Waals surface area (Å²) < 4.78 is 33.6. The SMILES string of the molecule is CC(C)(C)c1ncc(S(=O)(=O)Nc2ccn(CCC#N)n2)o1. The Labute approximate surface area is 128 Å². The summed E-state index contributed by atoms with van der Waals surface area (Å²) in [6, 6.07) is 3.50. The van der Waals surface area contributed by atoms with Crippen LogP contribution in [0.15, 0.2) is 28.0 Å². The Kier molecular flexibility index (Phi) is 4.23. The van der Waals surface area contributed by atoms with Crippen molar-refractivity contribution < 1.29 is 12.8 Å². The van der Waals surface area contributed by atoms with Gasteiger partial charge in [-0.1, -0.05) is 20.8 Å².